The van der Waals surface area contributed by atoms with Gasteiger partial charge in [0.2, 0.25) is 11.8 Å². The van der Waals surface area contributed by atoms with Gasteiger partial charge < -0.3 is 15.6 Å². The van der Waals surface area contributed by atoms with Crippen LogP contribution in [0, 0.1) is 6.92 Å². The van der Waals surface area contributed by atoms with E-state index in [0.717, 1.165) is 12.8 Å². The standard InChI is InChI=1S/C11H20N4O2/c1-3-4-9(12)7-11(16)13-6-5-10-14-8(2)17-15-10/h9H,3-7,12H2,1-2H3,(H,13,16). The van der Waals surface area contributed by atoms with Gasteiger partial charge in [-0.1, -0.05) is 18.5 Å². The Labute approximate surface area is 101 Å². The van der Waals surface area contributed by atoms with E-state index in [2.05, 4.69) is 22.4 Å². The van der Waals surface area contributed by atoms with E-state index in [4.69, 9.17) is 10.3 Å². The lowest BCUT2D eigenvalue weighted by molar-refractivity contribution is -0.121. The lowest BCUT2D eigenvalue weighted by Crippen LogP contribution is -2.32. The molecule has 0 radical (unpaired) electrons. The molecule has 1 amide bonds. The number of aryl methyl sites for hydroxylation is 1. The van der Waals surface area contributed by atoms with Gasteiger partial charge in [-0.15, -0.1) is 0 Å². The Bertz CT molecular complexity index is 351. The number of carbonyl (C=O) groups is 1. The van der Waals surface area contributed by atoms with Gasteiger partial charge in [-0.3, -0.25) is 4.79 Å². The van der Waals surface area contributed by atoms with Crippen LogP contribution < -0.4 is 11.1 Å². The van der Waals surface area contributed by atoms with Crippen LogP contribution in [0.2, 0.25) is 0 Å². The Morgan fingerprint density at radius 3 is 2.94 bits per heavy atom. The Morgan fingerprint density at radius 2 is 2.35 bits per heavy atom. The van der Waals surface area contributed by atoms with Gasteiger partial charge in [-0.25, -0.2) is 0 Å². The summed E-state index contributed by atoms with van der Waals surface area (Å²) in [5.74, 6) is 1.13. The summed E-state index contributed by atoms with van der Waals surface area (Å²) in [4.78, 5) is 15.5. The highest BCUT2D eigenvalue weighted by Gasteiger charge is 2.08. The van der Waals surface area contributed by atoms with Gasteiger partial charge in [0, 0.05) is 32.4 Å². The summed E-state index contributed by atoms with van der Waals surface area (Å²) in [6, 6.07) is -0.0487. The van der Waals surface area contributed by atoms with Crippen molar-refractivity contribution in [2.75, 3.05) is 6.54 Å². The summed E-state index contributed by atoms with van der Waals surface area (Å²) in [6.07, 6.45) is 2.82. The number of aromatic nitrogens is 2. The predicted octanol–water partition coefficient (Wildman–Crippen LogP) is 0.554. The van der Waals surface area contributed by atoms with E-state index >= 15 is 0 Å². The topological polar surface area (TPSA) is 94.0 Å². The molecule has 17 heavy (non-hydrogen) atoms. The molecule has 96 valence electrons. The highest BCUT2D eigenvalue weighted by Crippen LogP contribution is 1.98. The van der Waals surface area contributed by atoms with Crippen LogP contribution in [0.4, 0.5) is 0 Å². The van der Waals surface area contributed by atoms with E-state index in [9.17, 15) is 4.79 Å². The second kappa shape index (κ2) is 7.01. The molecule has 1 aromatic rings. The summed E-state index contributed by atoms with van der Waals surface area (Å²) < 4.78 is 4.82. The molecule has 0 aliphatic carbocycles. The fourth-order valence-electron chi connectivity index (χ4n) is 1.54. The molecule has 0 fully saturated rings. The van der Waals surface area contributed by atoms with Crippen LogP contribution in [0.1, 0.15) is 37.9 Å². The molecule has 1 heterocycles. The summed E-state index contributed by atoms with van der Waals surface area (Å²) in [7, 11) is 0. The molecule has 0 spiro atoms. The summed E-state index contributed by atoms with van der Waals surface area (Å²) in [5.41, 5.74) is 5.77. The zero-order valence-electron chi connectivity index (χ0n) is 10.4. The van der Waals surface area contributed by atoms with Crippen LogP contribution in [0.5, 0.6) is 0 Å². The second-order valence-electron chi connectivity index (χ2n) is 4.08. The van der Waals surface area contributed by atoms with E-state index in [-0.39, 0.29) is 11.9 Å². The highest BCUT2D eigenvalue weighted by molar-refractivity contribution is 5.76. The fourth-order valence-corrected chi connectivity index (χ4v) is 1.54. The number of carbonyl (C=O) groups excluding carboxylic acids is 1. The van der Waals surface area contributed by atoms with Crippen molar-refractivity contribution in [2.24, 2.45) is 5.73 Å². The molecule has 0 saturated carbocycles. The maximum absolute atomic E-state index is 11.5. The van der Waals surface area contributed by atoms with Crippen LogP contribution in [-0.2, 0) is 11.2 Å². The second-order valence-corrected chi connectivity index (χ2v) is 4.08. The van der Waals surface area contributed by atoms with Gasteiger partial charge in [-0.2, -0.15) is 4.98 Å². The number of hydrogen-bond acceptors (Lipinski definition) is 5. The average Bonchev–Trinajstić information content (AvgIpc) is 2.64. The van der Waals surface area contributed by atoms with Gasteiger partial charge in [0.25, 0.3) is 0 Å². The van der Waals surface area contributed by atoms with Crippen molar-refractivity contribution >= 4 is 5.91 Å². The first-order chi connectivity index (χ1) is 8.11. The minimum atomic E-state index is -0.0487. The largest absolute Gasteiger partial charge is 0.356 e. The van der Waals surface area contributed by atoms with Crippen LogP contribution >= 0.6 is 0 Å². The van der Waals surface area contributed by atoms with Gasteiger partial charge in [0.1, 0.15) is 0 Å². The van der Waals surface area contributed by atoms with Crippen molar-refractivity contribution in [2.45, 2.75) is 45.6 Å². The third-order valence-corrected chi connectivity index (χ3v) is 2.35. The fraction of sp³-hybridized carbons (Fsp3) is 0.727. The molecule has 1 unspecified atom stereocenters. The monoisotopic (exact) mass is 240 g/mol. The van der Waals surface area contributed by atoms with E-state index < -0.39 is 0 Å². The number of rotatable bonds is 7. The van der Waals surface area contributed by atoms with Crippen molar-refractivity contribution in [3.63, 3.8) is 0 Å². The van der Waals surface area contributed by atoms with Crippen molar-refractivity contribution in [3.05, 3.63) is 11.7 Å². The highest BCUT2D eigenvalue weighted by atomic mass is 16.5. The first-order valence-electron chi connectivity index (χ1n) is 5.93. The van der Waals surface area contributed by atoms with Crippen LogP contribution in [-0.4, -0.2) is 28.6 Å². The minimum Gasteiger partial charge on any atom is -0.356 e. The van der Waals surface area contributed by atoms with Crippen LogP contribution in [0.25, 0.3) is 0 Å². The predicted molar refractivity (Wildman–Crippen MR) is 63.2 cm³/mol. The number of nitrogens with zero attached hydrogens (tertiary/aromatic N) is 2. The van der Waals surface area contributed by atoms with E-state index in [1.54, 1.807) is 6.92 Å². The molecular weight excluding hydrogens is 220 g/mol. The normalized spacial score (nSPS) is 12.4. The third kappa shape index (κ3) is 5.44. The summed E-state index contributed by atoms with van der Waals surface area (Å²) in [6.45, 7) is 4.30. The van der Waals surface area contributed by atoms with E-state index in [0.29, 0.717) is 31.1 Å². The number of nitrogens with two attached hydrogens (primary N) is 1. The third-order valence-electron chi connectivity index (χ3n) is 2.35. The van der Waals surface area contributed by atoms with Gasteiger partial charge in [-0.05, 0) is 6.42 Å². The Morgan fingerprint density at radius 1 is 1.59 bits per heavy atom. The van der Waals surface area contributed by atoms with Crippen LogP contribution in [0.15, 0.2) is 4.52 Å². The van der Waals surface area contributed by atoms with Crippen LogP contribution in [0.3, 0.4) is 0 Å². The smallest absolute Gasteiger partial charge is 0.223 e. The SMILES string of the molecule is CCCC(N)CC(=O)NCCc1noc(C)n1. The molecule has 0 aromatic carbocycles. The van der Waals surface area contributed by atoms with Crippen molar-refractivity contribution < 1.29 is 9.32 Å². The molecule has 0 aliphatic rings. The molecule has 0 aliphatic heterocycles. The van der Waals surface area contributed by atoms with Gasteiger partial charge in [0.15, 0.2) is 5.82 Å². The quantitative estimate of drug-likeness (QED) is 0.726. The molecule has 6 nitrogen and oxygen atoms in total. The molecule has 1 atom stereocenters. The molecule has 6 heteroatoms. The summed E-state index contributed by atoms with van der Waals surface area (Å²) in [5, 5.41) is 6.53. The minimum absolute atomic E-state index is 0.0221. The Hall–Kier alpha value is -1.43. The Balaban J connectivity index is 2.16. The molecular formula is C11H20N4O2. The van der Waals surface area contributed by atoms with Gasteiger partial charge in [0.05, 0.1) is 0 Å². The number of nitrogens with one attached hydrogen (secondary N) is 1. The molecule has 0 bridgehead atoms. The Kier molecular flexibility index (Phi) is 5.62. The maximum atomic E-state index is 11.5. The van der Waals surface area contributed by atoms with Crippen molar-refractivity contribution in [1.29, 1.82) is 0 Å². The van der Waals surface area contributed by atoms with E-state index in [1.165, 1.54) is 0 Å². The summed E-state index contributed by atoms with van der Waals surface area (Å²) >= 11 is 0. The maximum Gasteiger partial charge on any atom is 0.223 e. The van der Waals surface area contributed by atoms with Gasteiger partial charge >= 0.3 is 0 Å². The first kappa shape index (κ1) is 13.6. The first-order valence-corrected chi connectivity index (χ1v) is 5.93. The van der Waals surface area contributed by atoms with E-state index in [1.807, 2.05) is 0 Å². The lowest BCUT2D eigenvalue weighted by atomic mass is 10.1. The molecule has 1 aromatic heterocycles. The zero-order valence-corrected chi connectivity index (χ0v) is 10.4. The number of amides is 1. The number of hydrogen-bond donors (Lipinski definition) is 2. The average molecular weight is 240 g/mol. The lowest BCUT2D eigenvalue weighted by Gasteiger charge is -2.09. The van der Waals surface area contributed by atoms with Crippen molar-refractivity contribution in [3.8, 4) is 0 Å². The van der Waals surface area contributed by atoms with Crippen molar-refractivity contribution in [1.82, 2.24) is 15.5 Å². The zero-order chi connectivity index (χ0) is 12.7. The molecule has 0 saturated heterocycles. The molecule has 3 N–H and O–H groups in total. The molecule has 1 rings (SSSR count).